The lowest BCUT2D eigenvalue weighted by atomic mass is 10.2. The first-order chi connectivity index (χ1) is 12.0. The zero-order chi connectivity index (χ0) is 17.9. The molecule has 1 heterocycles. The third-order valence-corrected chi connectivity index (χ3v) is 5.85. The Morgan fingerprint density at radius 3 is 2.48 bits per heavy atom. The van der Waals surface area contributed by atoms with E-state index in [-0.39, 0.29) is 17.3 Å². The highest BCUT2D eigenvalue weighted by atomic mass is 32.2. The molecule has 3 rings (SSSR count). The van der Waals surface area contributed by atoms with Gasteiger partial charge in [0, 0.05) is 23.9 Å². The third kappa shape index (κ3) is 4.28. The second-order valence-electron chi connectivity index (χ2n) is 5.23. The predicted molar refractivity (Wildman–Crippen MR) is 92.8 cm³/mol. The van der Waals surface area contributed by atoms with Gasteiger partial charge in [0.2, 0.25) is 10.0 Å². The van der Waals surface area contributed by atoms with Gasteiger partial charge in [-0.15, -0.1) is 11.3 Å². The van der Waals surface area contributed by atoms with Crippen LogP contribution in [0.5, 0.6) is 0 Å². The van der Waals surface area contributed by atoms with Crippen LogP contribution < -0.4 is 4.72 Å². The van der Waals surface area contributed by atoms with Crippen molar-refractivity contribution in [1.29, 1.82) is 0 Å². The number of thiazole rings is 1. The summed E-state index contributed by atoms with van der Waals surface area (Å²) in [7, 11) is -3.70. The van der Waals surface area contributed by atoms with Gasteiger partial charge in [-0.2, -0.15) is 0 Å². The van der Waals surface area contributed by atoms with Gasteiger partial charge in [-0.3, -0.25) is 0 Å². The van der Waals surface area contributed by atoms with Crippen molar-refractivity contribution in [2.75, 3.05) is 6.54 Å². The van der Waals surface area contributed by atoms with Crippen LogP contribution in [0.3, 0.4) is 0 Å². The second-order valence-corrected chi connectivity index (χ2v) is 7.85. The number of nitrogens with one attached hydrogen (secondary N) is 1. The van der Waals surface area contributed by atoms with Gasteiger partial charge >= 0.3 is 0 Å². The molecule has 0 saturated heterocycles. The highest BCUT2D eigenvalue weighted by Gasteiger charge is 2.14. The number of aromatic nitrogens is 1. The van der Waals surface area contributed by atoms with Gasteiger partial charge in [0.25, 0.3) is 0 Å². The molecule has 0 saturated carbocycles. The van der Waals surface area contributed by atoms with E-state index in [1.165, 1.54) is 29.5 Å². The molecule has 1 N–H and O–H groups in total. The summed E-state index contributed by atoms with van der Waals surface area (Å²) in [5, 5.41) is 2.32. The highest BCUT2D eigenvalue weighted by Crippen LogP contribution is 2.26. The molecule has 0 aliphatic rings. The molecule has 0 bridgehead atoms. The van der Waals surface area contributed by atoms with Crippen LogP contribution >= 0.6 is 11.3 Å². The Labute approximate surface area is 148 Å². The van der Waals surface area contributed by atoms with Crippen molar-refractivity contribution in [3.8, 4) is 10.6 Å². The fraction of sp³-hybridized carbons (Fsp3) is 0.118. The first-order valence-corrected chi connectivity index (χ1v) is 9.76. The molecule has 0 unspecified atom stereocenters. The summed E-state index contributed by atoms with van der Waals surface area (Å²) in [5.41, 5.74) is 1.09. The summed E-state index contributed by atoms with van der Waals surface area (Å²) < 4.78 is 53.3. The highest BCUT2D eigenvalue weighted by molar-refractivity contribution is 7.89. The number of sulfonamides is 1. The van der Waals surface area contributed by atoms with Crippen LogP contribution in [-0.4, -0.2) is 19.9 Å². The Morgan fingerprint density at radius 1 is 1.04 bits per heavy atom. The van der Waals surface area contributed by atoms with E-state index < -0.39 is 15.8 Å². The van der Waals surface area contributed by atoms with Crippen LogP contribution in [0.15, 0.2) is 58.8 Å². The maximum absolute atomic E-state index is 13.8. The largest absolute Gasteiger partial charge is 0.241 e. The Hall–Kier alpha value is -2.16. The monoisotopic (exact) mass is 380 g/mol. The molecule has 1 aromatic heterocycles. The molecule has 0 atom stereocenters. The molecule has 4 nitrogen and oxygen atoms in total. The summed E-state index contributed by atoms with van der Waals surface area (Å²) in [6.07, 6.45) is 0.366. The van der Waals surface area contributed by atoms with Crippen LogP contribution in [0.1, 0.15) is 5.69 Å². The topological polar surface area (TPSA) is 59.1 Å². The van der Waals surface area contributed by atoms with Crippen molar-refractivity contribution in [2.45, 2.75) is 11.3 Å². The van der Waals surface area contributed by atoms with Crippen LogP contribution in [0.25, 0.3) is 10.6 Å². The number of rotatable bonds is 6. The zero-order valence-electron chi connectivity index (χ0n) is 12.9. The van der Waals surface area contributed by atoms with Crippen LogP contribution in [0, 0.1) is 11.6 Å². The smallest absolute Gasteiger partial charge is 0.240 e. The first kappa shape index (κ1) is 17.7. The average Bonchev–Trinajstić information content (AvgIpc) is 3.04. The van der Waals surface area contributed by atoms with Crippen molar-refractivity contribution in [3.63, 3.8) is 0 Å². The fourth-order valence-corrected chi connectivity index (χ4v) is 4.10. The SMILES string of the molecule is O=S(=O)(NCCc1csc(-c2ccccc2F)n1)c1ccc(F)cc1. The molecular weight excluding hydrogens is 366 g/mol. The van der Waals surface area contributed by atoms with Crippen molar-refractivity contribution in [2.24, 2.45) is 0 Å². The van der Waals surface area contributed by atoms with Gasteiger partial charge in [-0.25, -0.2) is 26.9 Å². The summed E-state index contributed by atoms with van der Waals surface area (Å²) in [6, 6.07) is 11.0. The normalized spacial score (nSPS) is 11.6. The van der Waals surface area contributed by atoms with E-state index in [9.17, 15) is 17.2 Å². The molecular formula is C17H14F2N2O2S2. The number of hydrogen-bond acceptors (Lipinski definition) is 4. The Kier molecular flexibility index (Phi) is 5.22. The number of hydrogen-bond donors (Lipinski definition) is 1. The minimum absolute atomic E-state index is 0.000719. The number of halogens is 2. The maximum Gasteiger partial charge on any atom is 0.240 e. The average molecular weight is 380 g/mol. The first-order valence-electron chi connectivity index (χ1n) is 7.40. The lowest BCUT2D eigenvalue weighted by molar-refractivity contribution is 0.580. The molecule has 25 heavy (non-hydrogen) atoms. The van der Waals surface area contributed by atoms with E-state index >= 15 is 0 Å². The number of benzene rings is 2. The van der Waals surface area contributed by atoms with Gasteiger partial charge in [-0.1, -0.05) is 12.1 Å². The van der Waals surface area contributed by atoms with Gasteiger partial charge in [-0.05, 0) is 36.4 Å². The molecule has 0 fully saturated rings. The van der Waals surface area contributed by atoms with E-state index in [1.54, 1.807) is 23.6 Å². The summed E-state index contributed by atoms with van der Waals surface area (Å²) in [5.74, 6) is -0.845. The molecule has 0 spiro atoms. The zero-order valence-corrected chi connectivity index (χ0v) is 14.6. The van der Waals surface area contributed by atoms with E-state index in [4.69, 9.17) is 0 Å². The lowest BCUT2D eigenvalue weighted by Crippen LogP contribution is -2.26. The molecule has 0 amide bonds. The summed E-state index contributed by atoms with van der Waals surface area (Å²) in [4.78, 5) is 4.34. The van der Waals surface area contributed by atoms with Crippen LogP contribution in [0.4, 0.5) is 8.78 Å². The molecule has 130 valence electrons. The molecule has 3 aromatic rings. The summed E-state index contributed by atoms with van der Waals surface area (Å²) >= 11 is 1.30. The van der Waals surface area contributed by atoms with Crippen molar-refractivity contribution >= 4 is 21.4 Å². The standard InChI is InChI=1S/C17H14F2N2O2S2/c18-12-5-7-14(8-6-12)25(22,23)20-10-9-13-11-24-17(21-13)15-3-1-2-4-16(15)19/h1-8,11,20H,9-10H2. The van der Waals surface area contributed by atoms with E-state index in [2.05, 4.69) is 9.71 Å². The summed E-state index contributed by atoms with van der Waals surface area (Å²) in [6.45, 7) is 0.139. The Morgan fingerprint density at radius 2 is 1.76 bits per heavy atom. The molecule has 0 aliphatic heterocycles. The van der Waals surface area contributed by atoms with Crippen LogP contribution in [-0.2, 0) is 16.4 Å². The van der Waals surface area contributed by atoms with Crippen molar-refractivity contribution in [1.82, 2.24) is 9.71 Å². The van der Waals surface area contributed by atoms with E-state index in [1.807, 2.05) is 0 Å². The Balaban J connectivity index is 1.63. The minimum atomic E-state index is -3.70. The van der Waals surface area contributed by atoms with E-state index in [0.29, 0.717) is 22.7 Å². The molecule has 2 aromatic carbocycles. The van der Waals surface area contributed by atoms with Crippen molar-refractivity contribution in [3.05, 3.63) is 71.2 Å². The minimum Gasteiger partial charge on any atom is -0.241 e. The lowest BCUT2D eigenvalue weighted by Gasteiger charge is -2.05. The molecule has 0 aliphatic carbocycles. The quantitative estimate of drug-likeness (QED) is 0.711. The maximum atomic E-state index is 13.8. The van der Waals surface area contributed by atoms with Gasteiger partial charge in [0.05, 0.1) is 10.6 Å². The van der Waals surface area contributed by atoms with E-state index in [0.717, 1.165) is 12.1 Å². The van der Waals surface area contributed by atoms with Gasteiger partial charge < -0.3 is 0 Å². The number of nitrogens with zero attached hydrogens (tertiary/aromatic N) is 1. The molecule has 0 radical (unpaired) electrons. The second kappa shape index (κ2) is 7.38. The third-order valence-electron chi connectivity index (χ3n) is 3.45. The van der Waals surface area contributed by atoms with Gasteiger partial charge in [0.15, 0.2) is 0 Å². The van der Waals surface area contributed by atoms with Gasteiger partial charge in [0.1, 0.15) is 16.6 Å². The molecule has 8 heteroatoms. The van der Waals surface area contributed by atoms with Crippen LogP contribution in [0.2, 0.25) is 0 Å². The van der Waals surface area contributed by atoms with Crippen molar-refractivity contribution < 1.29 is 17.2 Å². The fourth-order valence-electron chi connectivity index (χ4n) is 2.19. The predicted octanol–water partition coefficient (Wildman–Crippen LogP) is 3.61. The Bertz CT molecular complexity index is 970.